The van der Waals surface area contributed by atoms with Crippen molar-refractivity contribution in [3.8, 4) is 5.75 Å². The van der Waals surface area contributed by atoms with Crippen molar-refractivity contribution in [2.45, 2.75) is 84.2 Å². The Kier molecular flexibility index (Phi) is 7.13. The molecule has 0 radical (unpaired) electrons. The van der Waals surface area contributed by atoms with Crippen molar-refractivity contribution >= 4 is 11.7 Å². The van der Waals surface area contributed by atoms with Crippen molar-refractivity contribution in [2.75, 3.05) is 6.61 Å². The summed E-state index contributed by atoms with van der Waals surface area (Å²) in [6, 6.07) is 2.09. The van der Waals surface area contributed by atoms with Crippen LogP contribution < -0.4 is 4.74 Å². The van der Waals surface area contributed by atoms with Crippen molar-refractivity contribution in [1.82, 2.24) is 24.6 Å². The average Bonchev–Trinajstić information content (AvgIpc) is 3.56. The number of pyridine rings is 1. The minimum atomic E-state index is -0.745. The van der Waals surface area contributed by atoms with Crippen LogP contribution in [0.5, 0.6) is 5.75 Å². The highest BCUT2D eigenvalue weighted by molar-refractivity contribution is 5.90. The normalized spacial score (nSPS) is 20.6. The van der Waals surface area contributed by atoms with Gasteiger partial charge in [-0.2, -0.15) is 4.98 Å². The smallest absolute Gasteiger partial charge is 0.338 e. The number of cyclic esters (lactones) is 1. The van der Waals surface area contributed by atoms with E-state index in [4.69, 9.17) is 9.47 Å². The number of carbonyl (C=O) groups excluding carboxylic acids is 1. The van der Waals surface area contributed by atoms with E-state index in [0.29, 0.717) is 37.5 Å². The Morgan fingerprint density at radius 3 is 2.76 bits per heavy atom. The SMILES string of the molecule is CCOc1cnc(CC)cc1CCC1(C2CCCC2)CC(O)=C(Cc2nc3ncc(C)cn3n2)C(=O)O1. The van der Waals surface area contributed by atoms with Gasteiger partial charge in [0.05, 0.1) is 18.4 Å². The van der Waals surface area contributed by atoms with Gasteiger partial charge in [0, 0.05) is 30.9 Å². The molecule has 4 heterocycles. The molecule has 1 aliphatic heterocycles. The molecule has 0 amide bonds. The Morgan fingerprint density at radius 2 is 2.03 bits per heavy atom. The lowest BCUT2D eigenvalue weighted by Crippen LogP contribution is -2.46. The van der Waals surface area contributed by atoms with Crippen molar-refractivity contribution in [3.63, 3.8) is 0 Å². The van der Waals surface area contributed by atoms with Gasteiger partial charge in [-0.15, -0.1) is 5.10 Å². The molecule has 0 saturated heterocycles. The highest BCUT2D eigenvalue weighted by Crippen LogP contribution is 2.46. The molecule has 1 atom stereocenters. The quantitative estimate of drug-likeness (QED) is 0.418. The summed E-state index contributed by atoms with van der Waals surface area (Å²) in [5.74, 6) is 1.47. The van der Waals surface area contributed by atoms with Gasteiger partial charge in [0.1, 0.15) is 17.1 Å². The molecule has 1 saturated carbocycles. The van der Waals surface area contributed by atoms with Gasteiger partial charge in [-0.3, -0.25) is 4.98 Å². The molecule has 1 aliphatic carbocycles. The number of carbonyl (C=O) groups is 1. The van der Waals surface area contributed by atoms with Crippen molar-refractivity contribution in [1.29, 1.82) is 0 Å². The summed E-state index contributed by atoms with van der Waals surface area (Å²) in [5.41, 5.74) is 2.51. The number of aromatic nitrogens is 5. The number of rotatable bonds is 9. The predicted octanol–water partition coefficient (Wildman–Crippen LogP) is 4.65. The number of hydrogen-bond acceptors (Lipinski definition) is 8. The lowest BCUT2D eigenvalue weighted by atomic mass is 9.76. The Labute approximate surface area is 217 Å². The van der Waals surface area contributed by atoms with E-state index < -0.39 is 11.6 Å². The molecule has 0 bridgehead atoms. The first-order valence-corrected chi connectivity index (χ1v) is 13.3. The van der Waals surface area contributed by atoms with E-state index in [2.05, 4.69) is 33.0 Å². The third-order valence-corrected chi connectivity index (χ3v) is 7.64. The fraction of sp³-hybridized carbons (Fsp3) is 0.536. The van der Waals surface area contributed by atoms with Crippen LogP contribution in [0.4, 0.5) is 0 Å². The maximum Gasteiger partial charge on any atom is 0.338 e. The maximum atomic E-state index is 13.4. The van der Waals surface area contributed by atoms with Crippen LogP contribution in [0.1, 0.15) is 75.0 Å². The highest BCUT2D eigenvalue weighted by atomic mass is 16.6. The molecular weight excluding hydrogens is 470 g/mol. The molecule has 3 aromatic heterocycles. The number of esters is 1. The zero-order valence-electron chi connectivity index (χ0n) is 21.9. The number of nitrogens with zero attached hydrogens (tertiary/aromatic N) is 5. The van der Waals surface area contributed by atoms with Crippen LogP contribution in [0.3, 0.4) is 0 Å². The van der Waals surface area contributed by atoms with Gasteiger partial charge in [0.2, 0.25) is 0 Å². The number of aliphatic hydroxyl groups is 1. The molecule has 3 aromatic rings. The van der Waals surface area contributed by atoms with E-state index in [1.165, 1.54) is 0 Å². The highest BCUT2D eigenvalue weighted by Gasteiger charge is 2.48. The van der Waals surface area contributed by atoms with Crippen LogP contribution in [-0.2, 0) is 28.8 Å². The Morgan fingerprint density at radius 1 is 1.22 bits per heavy atom. The van der Waals surface area contributed by atoms with Crippen LogP contribution >= 0.6 is 0 Å². The van der Waals surface area contributed by atoms with E-state index in [1.807, 2.05) is 20.0 Å². The topological polar surface area (TPSA) is 112 Å². The molecule has 9 heteroatoms. The lowest BCUT2D eigenvalue weighted by Gasteiger charge is -2.42. The molecule has 1 N–H and O–H groups in total. The van der Waals surface area contributed by atoms with Gasteiger partial charge < -0.3 is 14.6 Å². The molecule has 2 aliphatic rings. The first-order chi connectivity index (χ1) is 17.9. The van der Waals surface area contributed by atoms with Gasteiger partial charge in [0.25, 0.3) is 5.78 Å². The molecule has 37 heavy (non-hydrogen) atoms. The second-order valence-electron chi connectivity index (χ2n) is 10.2. The van der Waals surface area contributed by atoms with Crippen molar-refractivity contribution in [2.24, 2.45) is 5.92 Å². The molecule has 9 nitrogen and oxygen atoms in total. The standard InChI is InChI=1S/C28H35N5O4/c1-4-21-12-19(24(16-29-21)36-5-2)10-11-28(20-8-6-7-9-20)14-23(34)22(26(35)37-28)13-25-31-27-30-15-18(3)17-33(27)32-25/h12,15-17,20,34H,4-11,13-14H2,1-3H3. The Bertz CT molecular complexity index is 1330. The fourth-order valence-electron chi connectivity index (χ4n) is 5.69. The van der Waals surface area contributed by atoms with Gasteiger partial charge in [-0.1, -0.05) is 19.8 Å². The molecule has 0 spiro atoms. The van der Waals surface area contributed by atoms with Crippen LogP contribution in [0, 0.1) is 12.8 Å². The van der Waals surface area contributed by atoms with Crippen LogP contribution in [0.2, 0.25) is 0 Å². The number of aliphatic hydroxyl groups excluding tert-OH is 1. The maximum absolute atomic E-state index is 13.4. The summed E-state index contributed by atoms with van der Waals surface area (Å²) in [4.78, 5) is 26.6. The summed E-state index contributed by atoms with van der Waals surface area (Å²) in [6.45, 7) is 6.52. The number of ether oxygens (including phenoxy) is 2. The van der Waals surface area contributed by atoms with Gasteiger partial charge in [-0.25, -0.2) is 14.3 Å². The molecule has 5 rings (SSSR count). The Balaban J connectivity index is 1.41. The summed E-state index contributed by atoms with van der Waals surface area (Å²) in [6.07, 6.45) is 12.1. The monoisotopic (exact) mass is 505 g/mol. The first-order valence-electron chi connectivity index (χ1n) is 13.3. The fourth-order valence-corrected chi connectivity index (χ4v) is 5.69. The van der Waals surface area contributed by atoms with Crippen molar-refractivity contribution in [3.05, 3.63) is 58.6 Å². The molecule has 1 fully saturated rings. The van der Waals surface area contributed by atoms with Crippen LogP contribution in [0.15, 0.2) is 36.0 Å². The van der Waals surface area contributed by atoms with E-state index in [0.717, 1.165) is 54.7 Å². The van der Waals surface area contributed by atoms with Gasteiger partial charge in [-0.05, 0) is 69.1 Å². The summed E-state index contributed by atoms with van der Waals surface area (Å²) in [7, 11) is 0. The lowest BCUT2D eigenvalue weighted by molar-refractivity contribution is -0.167. The minimum Gasteiger partial charge on any atom is -0.512 e. The third kappa shape index (κ3) is 5.17. The summed E-state index contributed by atoms with van der Waals surface area (Å²) >= 11 is 0. The van der Waals surface area contributed by atoms with Crippen LogP contribution in [-0.4, -0.2) is 47.8 Å². The van der Waals surface area contributed by atoms with E-state index in [9.17, 15) is 9.90 Å². The Hall–Kier alpha value is -3.49. The average molecular weight is 506 g/mol. The molecular formula is C28H35N5O4. The second-order valence-corrected chi connectivity index (χ2v) is 10.2. The van der Waals surface area contributed by atoms with Crippen LogP contribution in [0.25, 0.3) is 5.78 Å². The minimum absolute atomic E-state index is 0.0835. The summed E-state index contributed by atoms with van der Waals surface area (Å²) in [5, 5.41) is 15.6. The summed E-state index contributed by atoms with van der Waals surface area (Å²) < 4.78 is 13.7. The van der Waals surface area contributed by atoms with E-state index in [-0.39, 0.29) is 23.7 Å². The third-order valence-electron chi connectivity index (χ3n) is 7.64. The van der Waals surface area contributed by atoms with Crippen molar-refractivity contribution < 1.29 is 19.4 Å². The second kappa shape index (κ2) is 10.5. The zero-order valence-corrected chi connectivity index (χ0v) is 21.9. The van der Waals surface area contributed by atoms with E-state index >= 15 is 0 Å². The number of hydrogen-bond donors (Lipinski definition) is 1. The van der Waals surface area contributed by atoms with E-state index in [1.54, 1.807) is 16.9 Å². The number of aryl methyl sites for hydroxylation is 3. The number of fused-ring (bicyclic) bond motifs is 1. The largest absolute Gasteiger partial charge is 0.512 e. The zero-order chi connectivity index (χ0) is 26.0. The molecule has 1 unspecified atom stereocenters. The molecule has 196 valence electrons. The first kappa shape index (κ1) is 25.2. The van der Waals surface area contributed by atoms with Gasteiger partial charge >= 0.3 is 5.97 Å². The predicted molar refractivity (Wildman–Crippen MR) is 137 cm³/mol. The van der Waals surface area contributed by atoms with Gasteiger partial charge in [0.15, 0.2) is 5.82 Å². The molecule has 0 aromatic carbocycles.